The van der Waals surface area contributed by atoms with E-state index in [4.69, 9.17) is 5.73 Å². The van der Waals surface area contributed by atoms with Crippen molar-refractivity contribution in [1.29, 1.82) is 0 Å². The molecule has 0 spiro atoms. The van der Waals surface area contributed by atoms with Crippen LogP contribution in [0, 0.1) is 0 Å². The number of hydrogen-bond donors (Lipinski definition) is 2. The van der Waals surface area contributed by atoms with Crippen molar-refractivity contribution in [2.75, 3.05) is 11.4 Å². The highest BCUT2D eigenvalue weighted by Gasteiger charge is 2.48. The van der Waals surface area contributed by atoms with E-state index in [9.17, 15) is 9.59 Å². The predicted octanol–water partition coefficient (Wildman–Crippen LogP) is 2.51. The van der Waals surface area contributed by atoms with Gasteiger partial charge in [-0.25, -0.2) is 0 Å². The van der Waals surface area contributed by atoms with Gasteiger partial charge < -0.3 is 10.6 Å². The van der Waals surface area contributed by atoms with Crippen molar-refractivity contribution in [1.82, 2.24) is 10.2 Å². The number of H-pyrrole nitrogens is 1. The highest BCUT2D eigenvalue weighted by atomic mass is 16.1. The minimum atomic E-state index is -0.836. The Hall–Kier alpha value is -2.63. The second-order valence-electron chi connectivity index (χ2n) is 7.42. The number of primary amides is 1. The third-order valence-corrected chi connectivity index (χ3v) is 5.55. The Bertz CT molecular complexity index is 800. The molecule has 0 radical (unpaired) electrons. The third-order valence-electron chi connectivity index (χ3n) is 5.55. The first-order valence-electron chi connectivity index (χ1n) is 9.02. The van der Waals surface area contributed by atoms with Crippen molar-refractivity contribution in [2.45, 2.75) is 51.0 Å². The molecule has 3 rings (SSSR count). The molecule has 1 saturated heterocycles. The van der Waals surface area contributed by atoms with Gasteiger partial charge in [0.05, 0.1) is 23.3 Å². The van der Waals surface area contributed by atoms with Crippen LogP contribution in [0.3, 0.4) is 0 Å². The molecule has 1 aromatic heterocycles. The minimum Gasteiger partial charge on any atom is -0.369 e. The van der Waals surface area contributed by atoms with Crippen LogP contribution in [0.5, 0.6) is 0 Å². The average Bonchev–Trinajstić information content (AvgIpc) is 3.15. The van der Waals surface area contributed by atoms with Gasteiger partial charge in [0, 0.05) is 12.7 Å². The molecule has 138 valence electrons. The van der Waals surface area contributed by atoms with E-state index >= 15 is 0 Å². The summed E-state index contributed by atoms with van der Waals surface area (Å²) in [5.74, 6) is -0.0626. The molecule has 0 saturated carbocycles. The minimum absolute atomic E-state index is 0.0264. The zero-order valence-electron chi connectivity index (χ0n) is 15.5. The molecule has 2 atom stereocenters. The molecule has 1 aromatic carbocycles. The van der Waals surface area contributed by atoms with Crippen molar-refractivity contribution < 1.29 is 9.59 Å². The number of nitrogens with zero attached hydrogens (tertiary/aromatic N) is 2. The van der Waals surface area contributed by atoms with Gasteiger partial charge in [0.25, 0.3) is 0 Å². The van der Waals surface area contributed by atoms with Crippen LogP contribution in [0.15, 0.2) is 36.7 Å². The second-order valence-corrected chi connectivity index (χ2v) is 7.42. The number of Topliss-reactive ketones (excluding diaryl/α,β-unsaturated/α-hetero) is 1. The Labute approximate surface area is 153 Å². The van der Waals surface area contributed by atoms with E-state index in [2.05, 4.69) is 30.1 Å². The molecule has 0 bridgehead atoms. The summed E-state index contributed by atoms with van der Waals surface area (Å²) in [5, 5.41) is 6.78. The first-order chi connectivity index (χ1) is 12.4. The van der Waals surface area contributed by atoms with Crippen LogP contribution in [-0.2, 0) is 15.0 Å². The fourth-order valence-corrected chi connectivity index (χ4v) is 4.12. The van der Waals surface area contributed by atoms with Crippen LogP contribution in [0.1, 0.15) is 50.7 Å². The third kappa shape index (κ3) is 3.00. The summed E-state index contributed by atoms with van der Waals surface area (Å²) >= 11 is 0. The quantitative estimate of drug-likeness (QED) is 0.863. The first kappa shape index (κ1) is 18.2. The van der Waals surface area contributed by atoms with E-state index in [0.29, 0.717) is 19.4 Å². The van der Waals surface area contributed by atoms with Gasteiger partial charge in [0.15, 0.2) is 5.78 Å². The van der Waals surface area contributed by atoms with E-state index in [-0.39, 0.29) is 17.6 Å². The summed E-state index contributed by atoms with van der Waals surface area (Å²) in [6, 6.07) is 7.56. The van der Waals surface area contributed by atoms with Crippen LogP contribution >= 0.6 is 0 Å². The lowest BCUT2D eigenvalue weighted by molar-refractivity contribution is -0.126. The van der Waals surface area contributed by atoms with Gasteiger partial charge in [0.1, 0.15) is 0 Å². The molecule has 6 heteroatoms. The lowest BCUT2D eigenvalue weighted by Gasteiger charge is -2.45. The van der Waals surface area contributed by atoms with Crippen LogP contribution < -0.4 is 10.6 Å². The lowest BCUT2D eigenvalue weighted by Crippen LogP contribution is -2.57. The van der Waals surface area contributed by atoms with Crippen molar-refractivity contribution in [3.8, 4) is 0 Å². The van der Waals surface area contributed by atoms with E-state index < -0.39 is 11.5 Å². The second kappa shape index (κ2) is 6.94. The van der Waals surface area contributed by atoms with Gasteiger partial charge >= 0.3 is 0 Å². The van der Waals surface area contributed by atoms with E-state index in [1.165, 1.54) is 0 Å². The average molecular weight is 354 g/mol. The smallest absolute Gasteiger partial charge is 0.228 e. The summed E-state index contributed by atoms with van der Waals surface area (Å²) in [5.41, 5.74) is 8.04. The molecule has 26 heavy (non-hydrogen) atoms. The topological polar surface area (TPSA) is 92.1 Å². The maximum absolute atomic E-state index is 12.7. The molecule has 1 fully saturated rings. The van der Waals surface area contributed by atoms with Gasteiger partial charge in [-0.15, -0.1) is 0 Å². The number of ketones is 1. The Morgan fingerprint density at radius 2 is 2.08 bits per heavy atom. The van der Waals surface area contributed by atoms with Crippen molar-refractivity contribution in [2.24, 2.45) is 5.73 Å². The molecule has 1 amide bonds. The fraction of sp³-hybridized carbons (Fsp3) is 0.450. The number of amides is 1. The van der Waals surface area contributed by atoms with Crippen LogP contribution in [0.4, 0.5) is 5.69 Å². The van der Waals surface area contributed by atoms with Crippen molar-refractivity contribution in [3.63, 3.8) is 0 Å². The van der Waals surface area contributed by atoms with Gasteiger partial charge in [-0.05, 0) is 36.8 Å². The number of anilines is 1. The highest BCUT2D eigenvalue weighted by molar-refractivity contribution is 5.91. The summed E-state index contributed by atoms with van der Waals surface area (Å²) in [4.78, 5) is 27.1. The van der Waals surface area contributed by atoms with E-state index in [1.54, 1.807) is 19.3 Å². The molecule has 2 aromatic rings. The molecular weight excluding hydrogens is 328 g/mol. The Morgan fingerprint density at radius 3 is 2.65 bits per heavy atom. The molecule has 2 unspecified atom stereocenters. The molecular formula is C20H26N4O2. The monoisotopic (exact) mass is 354 g/mol. The number of carbonyl (C=O) groups is 2. The number of nitrogens with two attached hydrogens (primary N) is 1. The maximum Gasteiger partial charge on any atom is 0.228 e. The van der Waals surface area contributed by atoms with Crippen LogP contribution in [-0.4, -0.2) is 34.5 Å². The number of piperidine rings is 1. The predicted molar refractivity (Wildman–Crippen MR) is 101 cm³/mol. The van der Waals surface area contributed by atoms with Gasteiger partial charge in [-0.1, -0.05) is 38.1 Å². The SMILES string of the molecule is CC(=O)C1CC(C(N)=O)(c2ccccc2C(C)C)CCN1c1cn[nH]c1. The Morgan fingerprint density at radius 1 is 1.35 bits per heavy atom. The maximum atomic E-state index is 12.7. The lowest BCUT2D eigenvalue weighted by atomic mass is 9.67. The summed E-state index contributed by atoms with van der Waals surface area (Å²) in [6.45, 7) is 6.36. The standard InChI is InChI=1S/C20H26N4O2/c1-13(2)16-6-4-5-7-17(16)20(19(21)26)8-9-24(15-11-22-23-12-15)18(10-20)14(3)25/h4-7,11-13,18H,8-10H2,1-3H3,(H2,21,26)(H,22,23). The zero-order chi connectivity index (χ0) is 18.9. The fourth-order valence-electron chi connectivity index (χ4n) is 4.12. The molecule has 3 N–H and O–H groups in total. The molecule has 1 aliphatic rings. The summed E-state index contributed by atoms with van der Waals surface area (Å²) in [7, 11) is 0. The summed E-state index contributed by atoms with van der Waals surface area (Å²) < 4.78 is 0. The largest absolute Gasteiger partial charge is 0.369 e. The number of benzene rings is 1. The van der Waals surface area contributed by atoms with Crippen molar-refractivity contribution >= 4 is 17.4 Å². The van der Waals surface area contributed by atoms with Gasteiger partial charge in [0.2, 0.25) is 5.91 Å². The zero-order valence-corrected chi connectivity index (χ0v) is 15.5. The molecule has 0 aliphatic carbocycles. The van der Waals surface area contributed by atoms with Crippen LogP contribution in [0.2, 0.25) is 0 Å². The van der Waals surface area contributed by atoms with Crippen molar-refractivity contribution in [3.05, 3.63) is 47.8 Å². The number of aromatic nitrogens is 2. The number of hydrogen-bond acceptors (Lipinski definition) is 4. The summed E-state index contributed by atoms with van der Waals surface area (Å²) in [6.07, 6.45) is 4.43. The first-order valence-corrected chi connectivity index (χ1v) is 9.02. The number of nitrogens with one attached hydrogen (secondary N) is 1. The number of aromatic amines is 1. The van der Waals surface area contributed by atoms with Crippen LogP contribution in [0.25, 0.3) is 0 Å². The number of rotatable bonds is 5. The molecule has 6 nitrogen and oxygen atoms in total. The van der Waals surface area contributed by atoms with E-state index in [0.717, 1.165) is 16.8 Å². The Balaban J connectivity index is 2.07. The molecule has 2 heterocycles. The highest BCUT2D eigenvalue weighted by Crippen LogP contribution is 2.42. The Kier molecular flexibility index (Phi) is 4.85. The molecule has 1 aliphatic heterocycles. The van der Waals surface area contributed by atoms with Gasteiger partial charge in [-0.3, -0.25) is 14.7 Å². The number of carbonyl (C=O) groups excluding carboxylic acids is 2. The van der Waals surface area contributed by atoms with Gasteiger partial charge in [-0.2, -0.15) is 5.10 Å². The van der Waals surface area contributed by atoms with E-state index in [1.807, 2.05) is 23.1 Å². The normalized spacial score (nSPS) is 23.2.